The molecule has 0 atom stereocenters. The molecule has 0 aliphatic rings. The second-order valence-electron chi connectivity index (χ2n) is 3.34. The Bertz CT molecular complexity index is 443. The van der Waals surface area contributed by atoms with Gasteiger partial charge in [0.05, 0.1) is 14.2 Å². The van der Waals surface area contributed by atoms with Crippen molar-refractivity contribution in [1.82, 2.24) is 0 Å². The van der Waals surface area contributed by atoms with Crippen molar-refractivity contribution in [2.75, 3.05) is 14.2 Å². The fraction of sp³-hybridized carbons (Fsp3) is 0.143. The van der Waals surface area contributed by atoms with Crippen LogP contribution in [0.5, 0.6) is 23.0 Å². The molecule has 0 saturated heterocycles. The van der Waals surface area contributed by atoms with Gasteiger partial charge in [0.2, 0.25) is 0 Å². The Morgan fingerprint density at radius 2 is 1.00 bits per heavy atom. The summed E-state index contributed by atoms with van der Waals surface area (Å²) in [5.74, 6) is 1.38. The van der Waals surface area contributed by atoms with Crippen molar-refractivity contribution in [2.24, 2.45) is 0 Å². The molecule has 0 saturated carbocycles. The molecule has 2 radical (unpaired) electrons. The molecule has 2 rings (SSSR count). The Hall–Kier alpha value is -1.10. The molecule has 0 heterocycles. The maximum Gasteiger partial charge on any atom is 0.160 e. The van der Waals surface area contributed by atoms with Crippen LogP contribution in [0.25, 0.3) is 0 Å². The van der Waals surface area contributed by atoms with Crippen LogP contribution in [-0.2, 0) is 0 Å². The molecule has 0 aliphatic carbocycles. The molecule has 0 unspecified atom stereocenters. The molecule has 2 aromatic rings. The first kappa shape index (κ1) is 17.9. The fourth-order valence-corrected chi connectivity index (χ4v) is 1.26. The van der Waals surface area contributed by atoms with Crippen LogP contribution in [0.1, 0.15) is 0 Å². The number of hydrogen-bond acceptors (Lipinski definition) is 4. The first-order valence-electron chi connectivity index (χ1n) is 5.33. The maximum atomic E-state index is 8.99. The molecule has 0 fully saturated rings. The summed E-state index contributed by atoms with van der Waals surface area (Å²) in [6, 6.07) is 13.7. The van der Waals surface area contributed by atoms with Gasteiger partial charge in [0, 0.05) is 37.7 Å². The van der Waals surface area contributed by atoms with Gasteiger partial charge in [-0.05, 0) is 24.3 Å². The number of rotatable bonds is 2. The largest absolute Gasteiger partial charge is 0.504 e. The zero-order valence-electron chi connectivity index (χ0n) is 11.0. The third-order valence-electron chi connectivity index (χ3n) is 2.17. The van der Waals surface area contributed by atoms with Crippen LogP contribution >= 0.6 is 0 Å². The van der Waals surface area contributed by atoms with Gasteiger partial charge >= 0.3 is 0 Å². The first-order valence-corrected chi connectivity index (χ1v) is 5.33. The van der Waals surface area contributed by atoms with Gasteiger partial charge in [0.25, 0.3) is 0 Å². The van der Waals surface area contributed by atoms with Crippen LogP contribution < -0.4 is 9.47 Å². The fourth-order valence-electron chi connectivity index (χ4n) is 1.26. The number of para-hydroxylation sites is 4. The van der Waals surface area contributed by atoms with Gasteiger partial charge in [-0.3, -0.25) is 0 Å². The predicted molar refractivity (Wildman–Crippen MR) is 75.1 cm³/mol. The van der Waals surface area contributed by atoms with Crippen LogP contribution in [0.3, 0.4) is 0 Å². The third kappa shape index (κ3) is 6.05. The minimum Gasteiger partial charge on any atom is -0.504 e. The summed E-state index contributed by atoms with van der Waals surface area (Å²) in [4.78, 5) is 0. The molecule has 2 aromatic carbocycles. The molecule has 5 heteroatoms. The summed E-state index contributed by atoms with van der Waals surface area (Å²) in [5.41, 5.74) is 0. The topological polar surface area (TPSA) is 58.9 Å². The minimum absolute atomic E-state index is 0. The zero-order valence-corrected chi connectivity index (χ0v) is 13.2. The van der Waals surface area contributed by atoms with E-state index in [0.717, 1.165) is 0 Å². The normalized spacial score (nSPS) is 8.53. The second-order valence-corrected chi connectivity index (χ2v) is 3.34. The SMILES string of the molecule is COc1ccccc1O.COc1ccccc1O.[Ca]. The van der Waals surface area contributed by atoms with Gasteiger partial charge in [-0.25, -0.2) is 0 Å². The Balaban J connectivity index is 0.000000324. The molecule has 0 amide bonds. The average molecular weight is 288 g/mol. The van der Waals surface area contributed by atoms with Gasteiger partial charge in [-0.2, -0.15) is 0 Å². The van der Waals surface area contributed by atoms with E-state index < -0.39 is 0 Å². The molecular weight excluding hydrogens is 272 g/mol. The van der Waals surface area contributed by atoms with Crippen molar-refractivity contribution in [1.29, 1.82) is 0 Å². The molecule has 2 N–H and O–H groups in total. The summed E-state index contributed by atoms with van der Waals surface area (Å²) in [6.45, 7) is 0. The number of benzene rings is 2. The van der Waals surface area contributed by atoms with E-state index in [1.807, 2.05) is 0 Å². The van der Waals surface area contributed by atoms with Gasteiger partial charge in [0.15, 0.2) is 23.0 Å². The Labute approximate surface area is 142 Å². The van der Waals surface area contributed by atoms with Gasteiger partial charge in [0.1, 0.15) is 0 Å². The maximum absolute atomic E-state index is 8.99. The summed E-state index contributed by atoms with van der Waals surface area (Å²) in [7, 11) is 3.05. The van der Waals surface area contributed by atoms with Crippen LogP contribution in [-0.4, -0.2) is 62.2 Å². The van der Waals surface area contributed by atoms with Crippen molar-refractivity contribution in [3.8, 4) is 23.0 Å². The van der Waals surface area contributed by atoms with Crippen molar-refractivity contribution in [3.05, 3.63) is 48.5 Å². The summed E-state index contributed by atoms with van der Waals surface area (Å²) in [6.07, 6.45) is 0. The van der Waals surface area contributed by atoms with E-state index in [1.165, 1.54) is 14.2 Å². The van der Waals surface area contributed by atoms with Crippen molar-refractivity contribution in [2.45, 2.75) is 0 Å². The van der Waals surface area contributed by atoms with Gasteiger partial charge in [-0.1, -0.05) is 24.3 Å². The minimum atomic E-state index is 0. The predicted octanol–water partition coefficient (Wildman–Crippen LogP) is 2.42. The number of phenolic OH excluding ortho intramolecular Hbond substituents is 2. The number of phenols is 2. The molecule has 0 bridgehead atoms. The monoisotopic (exact) mass is 288 g/mol. The number of hydrogen-bond donors (Lipinski definition) is 2. The average Bonchev–Trinajstić information content (AvgIpc) is 2.41. The van der Waals surface area contributed by atoms with Crippen LogP contribution in [0.2, 0.25) is 0 Å². The van der Waals surface area contributed by atoms with Crippen molar-refractivity contribution in [3.63, 3.8) is 0 Å². The van der Waals surface area contributed by atoms with Crippen LogP contribution in [0.4, 0.5) is 0 Å². The molecule has 19 heavy (non-hydrogen) atoms. The van der Waals surface area contributed by atoms with Crippen LogP contribution in [0.15, 0.2) is 48.5 Å². The third-order valence-corrected chi connectivity index (χ3v) is 2.17. The smallest absolute Gasteiger partial charge is 0.160 e. The zero-order chi connectivity index (χ0) is 13.4. The number of ether oxygens (including phenoxy) is 2. The molecule has 98 valence electrons. The van der Waals surface area contributed by atoms with E-state index in [2.05, 4.69) is 0 Å². The standard InChI is InChI=1S/2C7H8O2.Ca/c2*1-9-7-5-3-2-4-6(7)8;/h2*2-5,8H,1H3;. The van der Waals surface area contributed by atoms with E-state index in [1.54, 1.807) is 48.5 Å². The molecular formula is C14H16CaO4. The second kappa shape index (κ2) is 9.78. The van der Waals surface area contributed by atoms with Crippen molar-refractivity contribution < 1.29 is 19.7 Å². The molecule has 4 nitrogen and oxygen atoms in total. The number of aromatic hydroxyl groups is 2. The number of methoxy groups -OCH3 is 2. The molecule has 0 spiro atoms. The van der Waals surface area contributed by atoms with E-state index in [-0.39, 0.29) is 49.2 Å². The Morgan fingerprint density at radius 1 is 0.684 bits per heavy atom. The van der Waals surface area contributed by atoms with Gasteiger partial charge < -0.3 is 19.7 Å². The Kier molecular flexibility index (Phi) is 9.21. The van der Waals surface area contributed by atoms with E-state index in [4.69, 9.17) is 19.7 Å². The van der Waals surface area contributed by atoms with E-state index in [9.17, 15) is 0 Å². The quantitative estimate of drug-likeness (QED) is 0.833. The summed E-state index contributed by atoms with van der Waals surface area (Å²) in [5, 5.41) is 18.0. The first-order chi connectivity index (χ1) is 8.69. The summed E-state index contributed by atoms with van der Waals surface area (Å²) < 4.78 is 9.59. The molecule has 0 aromatic heterocycles. The van der Waals surface area contributed by atoms with E-state index >= 15 is 0 Å². The van der Waals surface area contributed by atoms with Crippen LogP contribution in [0, 0.1) is 0 Å². The van der Waals surface area contributed by atoms with Gasteiger partial charge in [-0.15, -0.1) is 0 Å². The van der Waals surface area contributed by atoms with E-state index in [0.29, 0.717) is 11.5 Å². The van der Waals surface area contributed by atoms with Crippen molar-refractivity contribution >= 4 is 37.7 Å². The summed E-state index contributed by atoms with van der Waals surface area (Å²) >= 11 is 0. The Morgan fingerprint density at radius 3 is 1.21 bits per heavy atom. The molecule has 0 aliphatic heterocycles.